The van der Waals surface area contributed by atoms with E-state index in [1.807, 2.05) is 25.3 Å². The van der Waals surface area contributed by atoms with Gasteiger partial charge in [0, 0.05) is 7.11 Å². The molecule has 0 aliphatic heterocycles. The minimum absolute atomic E-state index is 0.207. The molecule has 2 heterocycles. The van der Waals surface area contributed by atoms with Crippen LogP contribution < -0.4 is 5.32 Å². The molecule has 0 unspecified atom stereocenters. The lowest BCUT2D eigenvalue weighted by Gasteiger charge is -2.26. The lowest BCUT2D eigenvalue weighted by molar-refractivity contribution is 0.158. The highest BCUT2D eigenvalue weighted by Gasteiger charge is 2.20. The van der Waals surface area contributed by atoms with E-state index in [1.165, 1.54) is 0 Å². The lowest BCUT2D eigenvalue weighted by atomic mass is 10.1. The zero-order valence-corrected chi connectivity index (χ0v) is 11.5. The molecule has 92 valence electrons. The number of nitrogens with one attached hydrogen (secondary N) is 1. The molecule has 0 aromatic carbocycles. The van der Waals surface area contributed by atoms with Gasteiger partial charge in [-0.15, -0.1) is 11.3 Å². The van der Waals surface area contributed by atoms with Gasteiger partial charge < -0.3 is 10.1 Å². The van der Waals surface area contributed by atoms with E-state index >= 15 is 0 Å². The Labute approximate surface area is 109 Å². The molecular weight excluding hydrogens is 258 g/mol. The molecule has 0 fully saturated rings. The Hall–Kier alpha value is -0.910. The van der Waals surface area contributed by atoms with E-state index in [4.69, 9.17) is 16.3 Å². The van der Waals surface area contributed by atoms with Crippen molar-refractivity contribution >= 4 is 39.0 Å². The van der Waals surface area contributed by atoms with Gasteiger partial charge in [-0.2, -0.15) is 0 Å². The first-order valence-electron chi connectivity index (χ1n) is 5.20. The molecule has 2 aromatic rings. The molecule has 2 aromatic heterocycles. The fourth-order valence-corrected chi connectivity index (χ4v) is 2.63. The molecular formula is C11H14ClN3OS. The van der Waals surface area contributed by atoms with Gasteiger partial charge in [-0.1, -0.05) is 0 Å². The van der Waals surface area contributed by atoms with Crippen LogP contribution in [0.15, 0.2) is 11.4 Å². The second-order valence-electron chi connectivity index (χ2n) is 4.42. The normalized spacial score (nSPS) is 12.0. The Morgan fingerprint density at radius 2 is 2.24 bits per heavy atom. The number of halogens is 1. The molecule has 0 radical (unpaired) electrons. The van der Waals surface area contributed by atoms with Gasteiger partial charge >= 0.3 is 0 Å². The molecule has 0 aliphatic rings. The Kier molecular flexibility index (Phi) is 3.51. The van der Waals surface area contributed by atoms with Gasteiger partial charge in [-0.05, 0) is 36.9 Å². The second-order valence-corrected chi connectivity index (χ2v) is 5.66. The minimum Gasteiger partial charge on any atom is -0.382 e. The van der Waals surface area contributed by atoms with E-state index in [0.29, 0.717) is 6.61 Å². The molecule has 4 nitrogen and oxygen atoms in total. The van der Waals surface area contributed by atoms with Crippen LogP contribution in [0.5, 0.6) is 0 Å². The SMILES string of the molecule is COCC(C)(C)Nc1nc(Cl)nc2sccc12. The summed E-state index contributed by atoms with van der Waals surface area (Å²) in [5.41, 5.74) is -0.207. The quantitative estimate of drug-likeness (QED) is 0.868. The molecule has 0 bridgehead atoms. The van der Waals surface area contributed by atoms with Crippen molar-refractivity contribution in [3.63, 3.8) is 0 Å². The summed E-state index contributed by atoms with van der Waals surface area (Å²) in [7, 11) is 1.68. The number of methoxy groups -OCH3 is 1. The highest BCUT2D eigenvalue weighted by atomic mass is 35.5. The van der Waals surface area contributed by atoms with Crippen molar-refractivity contribution in [2.75, 3.05) is 19.0 Å². The van der Waals surface area contributed by atoms with Crippen LogP contribution in [0.4, 0.5) is 5.82 Å². The van der Waals surface area contributed by atoms with Crippen molar-refractivity contribution in [2.45, 2.75) is 19.4 Å². The van der Waals surface area contributed by atoms with Gasteiger partial charge in [0.25, 0.3) is 0 Å². The predicted octanol–water partition coefficient (Wildman–Crippen LogP) is 3.18. The first-order chi connectivity index (χ1) is 8.02. The molecule has 6 heteroatoms. The van der Waals surface area contributed by atoms with Gasteiger partial charge in [-0.3, -0.25) is 0 Å². The number of hydrogen-bond acceptors (Lipinski definition) is 5. The van der Waals surface area contributed by atoms with Gasteiger partial charge in [-0.25, -0.2) is 9.97 Å². The summed E-state index contributed by atoms with van der Waals surface area (Å²) in [5, 5.41) is 6.56. The third-order valence-electron chi connectivity index (χ3n) is 2.26. The predicted molar refractivity (Wildman–Crippen MR) is 72.0 cm³/mol. The van der Waals surface area contributed by atoms with Gasteiger partial charge in [0.1, 0.15) is 10.6 Å². The number of ether oxygens (including phenoxy) is 1. The first-order valence-corrected chi connectivity index (χ1v) is 6.45. The highest BCUT2D eigenvalue weighted by molar-refractivity contribution is 7.16. The maximum Gasteiger partial charge on any atom is 0.225 e. The second kappa shape index (κ2) is 4.76. The van der Waals surface area contributed by atoms with Crippen LogP contribution in [0, 0.1) is 0 Å². The molecule has 1 N–H and O–H groups in total. The van der Waals surface area contributed by atoms with Crippen molar-refractivity contribution in [2.24, 2.45) is 0 Å². The number of thiophene rings is 1. The van der Waals surface area contributed by atoms with E-state index in [-0.39, 0.29) is 10.8 Å². The molecule has 0 aliphatic carbocycles. The molecule has 17 heavy (non-hydrogen) atoms. The Morgan fingerprint density at radius 3 is 2.94 bits per heavy atom. The molecule has 0 saturated heterocycles. The average Bonchev–Trinajstić information content (AvgIpc) is 2.64. The van der Waals surface area contributed by atoms with Crippen LogP contribution >= 0.6 is 22.9 Å². The topological polar surface area (TPSA) is 47.0 Å². The first kappa shape index (κ1) is 12.5. The Bertz CT molecular complexity index is 526. The third-order valence-corrected chi connectivity index (χ3v) is 3.24. The Morgan fingerprint density at radius 1 is 1.47 bits per heavy atom. The molecule has 0 saturated carbocycles. The van der Waals surface area contributed by atoms with Crippen molar-refractivity contribution in [3.05, 3.63) is 16.7 Å². The van der Waals surface area contributed by atoms with Gasteiger partial charge in [0.2, 0.25) is 5.28 Å². The summed E-state index contributed by atoms with van der Waals surface area (Å²) in [5.74, 6) is 0.753. The van der Waals surface area contributed by atoms with Crippen LogP contribution in [0.3, 0.4) is 0 Å². The van der Waals surface area contributed by atoms with Crippen LogP contribution in [0.25, 0.3) is 10.2 Å². The fourth-order valence-electron chi connectivity index (χ4n) is 1.64. The molecule has 0 spiro atoms. The standard InChI is InChI=1S/C11H14ClN3OS/c1-11(2,6-16-3)15-8-7-4-5-17-9(7)14-10(12)13-8/h4-5H,6H2,1-3H3,(H,13,14,15). The van der Waals surface area contributed by atoms with E-state index in [1.54, 1.807) is 18.4 Å². The zero-order valence-electron chi connectivity index (χ0n) is 9.95. The van der Waals surface area contributed by atoms with Crippen LogP contribution in [0.1, 0.15) is 13.8 Å². The van der Waals surface area contributed by atoms with Crippen molar-refractivity contribution < 1.29 is 4.74 Å². The van der Waals surface area contributed by atoms with Crippen LogP contribution in [-0.2, 0) is 4.74 Å². The summed E-state index contributed by atoms with van der Waals surface area (Å²) >= 11 is 7.45. The Balaban J connectivity index is 2.37. The van der Waals surface area contributed by atoms with Crippen molar-refractivity contribution in [1.29, 1.82) is 0 Å². The summed E-state index contributed by atoms with van der Waals surface area (Å²) in [6.07, 6.45) is 0. The smallest absolute Gasteiger partial charge is 0.225 e. The third kappa shape index (κ3) is 2.86. The largest absolute Gasteiger partial charge is 0.382 e. The summed E-state index contributed by atoms with van der Waals surface area (Å²) in [6, 6.07) is 1.99. The van der Waals surface area contributed by atoms with Crippen molar-refractivity contribution in [1.82, 2.24) is 9.97 Å². The van der Waals surface area contributed by atoms with Crippen LogP contribution in [-0.4, -0.2) is 29.2 Å². The van der Waals surface area contributed by atoms with Crippen LogP contribution in [0.2, 0.25) is 5.28 Å². The minimum atomic E-state index is -0.207. The van der Waals surface area contributed by atoms with E-state index in [0.717, 1.165) is 16.0 Å². The van der Waals surface area contributed by atoms with Gasteiger partial charge in [0.15, 0.2) is 0 Å². The van der Waals surface area contributed by atoms with E-state index < -0.39 is 0 Å². The number of fused-ring (bicyclic) bond motifs is 1. The van der Waals surface area contributed by atoms with Crippen molar-refractivity contribution in [3.8, 4) is 0 Å². The number of rotatable bonds is 4. The highest BCUT2D eigenvalue weighted by Crippen LogP contribution is 2.28. The van der Waals surface area contributed by atoms with Gasteiger partial charge in [0.05, 0.1) is 17.5 Å². The number of aromatic nitrogens is 2. The molecule has 2 rings (SSSR count). The maximum atomic E-state index is 5.90. The van der Waals surface area contributed by atoms with E-state index in [2.05, 4.69) is 15.3 Å². The summed E-state index contributed by atoms with van der Waals surface area (Å²) in [6.45, 7) is 4.68. The monoisotopic (exact) mass is 271 g/mol. The average molecular weight is 272 g/mol. The maximum absolute atomic E-state index is 5.90. The summed E-state index contributed by atoms with van der Waals surface area (Å²) < 4.78 is 5.17. The number of hydrogen-bond donors (Lipinski definition) is 1. The number of nitrogens with zero attached hydrogens (tertiary/aromatic N) is 2. The zero-order chi connectivity index (χ0) is 12.5. The fraction of sp³-hybridized carbons (Fsp3) is 0.455. The number of anilines is 1. The van der Waals surface area contributed by atoms with E-state index in [9.17, 15) is 0 Å². The lowest BCUT2D eigenvalue weighted by Crippen LogP contribution is -2.36. The molecule has 0 amide bonds. The molecule has 0 atom stereocenters. The summed E-state index contributed by atoms with van der Waals surface area (Å²) in [4.78, 5) is 9.30.